The minimum absolute atomic E-state index is 0.0155. The molecule has 4 heteroatoms. The first-order valence-corrected chi connectivity index (χ1v) is 5.35. The molecular formula is C7H10FO2P. The molecule has 62 valence electrons. The van der Waals surface area contributed by atoms with Crippen LogP contribution >= 0.6 is 7.37 Å². The van der Waals surface area contributed by atoms with Crippen molar-refractivity contribution in [3.63, 3.8) is 0 Å². The van der Waals surface area contributed by atoms with Gasteiger partial charge >= 0.3 is 0 Å². The average molecular weight is 176 g/mol. The first kappa shape index (κ1) is 8.77. The molecule has 1 fully saturated rings. The lowest BCUT2D eigenvalue weighted by molar-refractivity contribution is 0.325. The van der Waals surface area contributed by atoms with Gasteiger partial charge < -0.3 is 4.52 Å². The van der Waals surface area contributed by atoms with Crippen LogP contribution in [0.5, 0.6) is 0 Å². The summed E-state index contributed by atoms with van der Waals surface area (Å²) in [5.74, 6) is 1.76. The van der Waals surface area contributed by atoms with Crippen molar-refractivity contribution in [3.05, 3.63) is 0 Å². The fourth-order valence-electron chi connectivity index (χ4n) is 1.19. The minimum atomic E-state index is -2.70. The molecule has 1 aliphatic rings. The smallest absolute Gasteiger partial charge is 0.207 e. The molecular weight excluding hydrogens is 166 g/mol. The molecule has 0 aromatic carbocycles. The highest BCUT2D eigenvalue weighted by Gasteiger charge is 2.41. The molecule has 1 heterocycles. The van der Waals surface area contributed by atoms with E-state index in [0.717, 1.165) is 0 Å². The normalized spacial score (nSPS) is 43.7. The first-order valence-electron chi connectivity index (χ1n) is 3.35. The van der Waals surface area contributed by atoms with Crippen molar-refractivity contribution in [2.75, 3.05) is 19.4 Å². The summed E-state index contributed by atoms with van der Waals surface area (Å²) in [4.78, 5) is 0. The second-order valence-electron chi connectivity index (χ2n) is 2.65. The SMILES string of the molecule is C#CC1CP(=O)(OC)CC1F. The van der Waals surface area contributed by atoms with Crippen LogP contribution in [0.4, 0.5) is 4.39 Å². The lowest BCUT2D eigenvalue weighted by atomic mass is 10.1. The molecule has 0 bridgehead atoms. The number of terminal acetylenes is 1. The molecule has 0 amide bonds. The first-order chi connectivity index (χ1) is 5.11. The minimum Gasteiger partial charge on any atom is -0.332 e. The van der Waals surface area contributed by atoms with Gasteiger partial charge in [-0.3, -0.25) is 4.57 Å². The quantitative estimate of drug-likeness (QED) is 0.447. The van der Waals surface area contributed by atoms with E-state index in [4.69, 9.17) is 10.9 Å². The van der Waals surface area contributed by atoms with E-state index in [1.807, 2.05) is 0 Å². The Balaban J connectivity index is 2.72. The van der Waals surface area contributed by atoms with E-state index in [1.54, 1.807) is 0 Å². The fourth-order valence-corrected chi connectivity index (χ4v) is 3.35. The standard InChI is InChI=1S/C7H10FO2P/c1-3-6-4-11(9,10-2)5-7(6)8/h1,6-7H,4-5H2,2H3. The molecule has 0 N–H and O–H groups in total. The summed E-state index contributed by atoms with van der Waals surface area (Å²) in [7, 11) is -1.36. The van der Waals surface area contributed by atoms with Crippen LogP contribution in [0.15, 0.2) is 0 Å². The van der Waals surface area contributed by atoms with Gasteiger partial charge in [0.1, 0.15) is 6.17 Å². The Bertz CT molecular complexity index is 233. The average Bonchev–Trinajstić information content (AvgIpc) is 2.27. The fraction of sp³-hybridized carbons (Fsp3) is 0.714. The van der Waals surface area contributed by atoms with Gasteiger partial charge in [-0.05, 0) is 0 Å². The summed E-state index contributed by atoms with van der Waals surface area (Å²) in [6.45, 7) is 0. The number of alkyl halides is 1. The van der Waals surface area contributed by atoms with Crippen molar-refractivity contribution in [2.24, 2.45) is 5.92 Å². The van der Waals surface area contributed by atoms with Gasteiger partial charge in [0, 0.05) is 13.3 Å². The Kier molecular flexibility index (Phi) is 2.37. The van der Waals surface area contributed by atoms with Gasteiger partial charge in [-0.25, -0.2) is 4.39 Å². The molecule has 1 aliphatic heterocycles. The summed E-state index contributed by atoms with van der Waals surface area (Å²) in [6.07, 6.45) is 4.07. The Morgan fingerprint density at radius 3 is 2.64 bits per heavy atom. The molecule has 0 aromatic rings. The van der Waals surface area contributed by atoms with Crippen molar-refractivity contribution < 1.29 is 13.5 Å². The molecule has 0 saturated carbocycles. The van der Waals surface area contributed by atoms with E-state index in [0.29, 0.717) is 0 Å². The highest BCUT2D eigenvalue weighted by molar-refractivity contribution is 7.59. The molecule has 0 aromatic heterocycles. The third kappa shape index (κ3) is 1.64. The van der Waals surface area contributed by atoms with E-state index < -0.39 is 19.5 Å². The summed E-state index contributed by atoms with van der Waals surface area (Å²) in [5, 5.41) is 0. The largest absolute Gasteiger partial charge is 0.332 e. The molecule has 0 radical (unpaired) electrons. The van der Waals surface area contributed by atoms with Crippen molar-refractivity contribution in [1.82, 2.24) is 0 Å². The molecule has 11 heavy (non-hydrogen) atoms. The lowest BCUT2D eigenvalue weighted by Crippen LogP contribution is -2.09. The third-order valence-corrected chi connectivity index (χ3v) is 4.43. The van der Waals surface area contributed by atoms with Crippen LogP contribution in [-0.4, -0.2) is 25.6 Å². The Morgan fingerprint density at radius 2 is 2.36 bits per heavy atom. The van der Waals surface area contributed by atoms with Crippen LogP contribution in [0.1, 0.15) is 0 Å². The van der Waals surface area contributed by atoms with Crippen molar-refractivity contribution in [1.29, 1.82) is 0 Å². The molecule has 3 unspecified atom stereocenters. The highest BCUT2D eigenvalue weighted by atomic mass is 31.2. The molecule has 0 spiro atoms. The van der Waals surface area contributed by atoms with Gasteiger partial charge in [-0.2, -0.15) is 0 Å². The van der Waals surface area contributed by atoms with Crippen molar-refractivity contribution in [2.45, 2.75) is 6.17 Å². The molecule has 0 aliphatic carbocycles. The van der Waals surface area contributed by atoms with Gasteiger partial charge in [-0.1, -0.05) is 5.92 Å². The predicted molar refractivity (Wildman–Crippen MR) is 41.6 cm³/mol. The molecule has 1 rings (SSSR count). The van der Waals surface area contributed by atoms with Crippen LogP contribution in [0.2, 0.25) is 0 Å². The highest BCUT2D eigenvalue weighted by Crippen LogP contribution is 2.55. The van der Waals surface area contributed by atoms with Crippen LogP contribution in [0.3, 0.4) is 0 Å². The van der Waals surface area contributed by atoms with E-state index in [2.05, 4.69) is 5.92 Å². The number of rotatable bonds is 1. The van der Waals surface area contributed by atoms with E-state index in [1.165, 1.54) is 7.11 Å². The summed E-state index contributed by atoms with van der Waals surface area (Å²) in [6, 6.07) is 0. The van der Waals surface area contributed by atoms with Gasteiger partial charge in [0.15, 0.2) is 0 Å². The zero-order valence-corrected chi connectivity index (χ0v) is 7.18. The number of halogens is 1. The van der Waals surface area contributed by atoms with Gasteiger partial charge in [0.25, 0.3) is 0 Å². The Morgan fingerprint density at radius 1 is 1.73 bits per heavy atom. The second-order valence-corrected chi connectivity index (χ2v) is 5.38. The Labute approximate surface area is 65.6 Å². The summed E-state index contributed by atoms with van der Waals surface area (Å²) in [5.41, 5.74) is 0. The number of hydrogen-bond donors (Lipinski definition) is 0. The topological polar surface area (TPSA) is 26.3 Å². The maximum absolute atomic E-state index is 12.9. The molecule has 1 saturated heterocycles. The van der Waals surface area contributed by atoms with Gasteiger partial charge in [-0.15, -0.1) is 6.42 Å². The van der Waals surface area contributed by atoms with Crippen LogP contribution in [-0.2, 0) is 9.09 Å². The van der Waals surface area contributed by atoms with Crippen LogP contribution in [0.25, 0.3) is 0 Å². The summed E-state index contributed by atoms with van der Waals surface area (Å²) >= 11 is 0. The van der Waals surface area contributed by atoms with Gasteiger partial charge in [0.2, 0.25) is 7.37 Å². The molecule has 3 atom stereocenters. The zero-order chi connectivity index (χ0) is 8.48. The number of hydrogen-bond acceptors (Lipinski definition) is 2. The van der Waals surface area contributed by atoms with E-state index in [-0.39, 0.29) is 12.3 Å². The van der Waals surface area contributed by atoms with Gasteiger partial charge in [0.05, 0.1) is 12.1 Å². The summed E-state index contributed by atoms with van der Waals surface area (Å²) < 4.78 is 29.0. The second kappa shape index (κ2) is 2.97. The predicted octanol–water partition coefficient (Wildman–Crippen LogP) is 1.51. The van der Waals surface area contributed by atoms with Crippen LogP contribution in [0, 0.1) is 18.3 Å². The lowest BCUT2D eigenvalue weighted by Gasteiger charge is -2.05. The maximum Gasteiger partial charge on any atom is 0.207 e. The molecule has 2 nitrogen and oxygen atoms in total. The monoisotopic (exact) mass is 176 g/mol. The maximum atomic E-state index is 12.9. The van der Waals surface area contributed by atoms with Crippen molar-refractivity contribution >= 4 is 7.37 Å². The van der Waals surface area contributed by atoms with Crippen LogP contribution < -0.4 is 0 Å². The third-order valence-electron chi connectivity index (χ3n) is 1.91. The van der Waals surface area contributed by atoms with E-state index in [9.17, 15) is 8.96 Å². The van der Waals surface area contributed by atoms with E-state index >= 15 is 0 Å². The Hall–Kier alpha value is -0.320. The zero-order valence-electron chi connectivity index (χ0n) is 6.29. The van der Waals surface area contributed by atoms with Crippen molar-refractivity contribution in [3.8, 4) is 12.3 Å².